The number of halogens is 1. The summed E-state index contributed by atoms with van der Waals surface area (Å²) in [6, 6.07) is 10.6. The van der Waals surface area contributed by atoms with Gasteiger partial charge in [-0.1, -0.05) is 23.5 Å². The van der Waals surface area contributed by atoms with Crippen molar-refractivity contribution >= 4 is 27.2 Å². The van der Waals surface area contributed by atoms with Crippen LogP contribution in [0.3, 0.4) is 0 Å². The second-order valence-corrected chi connectivity index (χ2v) is 7.96. The summed E-state index contributed by atoms with van der Waals surface area (Å²) in [6.07, 6.45) is 5.66. The van der Waals surface area contributed by atoms with E-state index in [1.165, 1.54) is 28.2 Å². The second kappa shape index (κ2) is 8.10. The van der Waals surface area contributed by atoms with E-state index in [-0.39, 0.29) is 11.6 Å². The molecule has 0 bridgehead atoms. The molecule has 0 amide bonds. The highest BCUT2D eigenvalue weighted by molar-refractivity contribution is 7.18. The van der Waals surface area contributed by atoms with E-state index >= 15 is 0 Å². The maximum Gasteiger partial charge on any atom is 0.250 e. The number of rotatable bonds is 6. The minimum absolute atomic E-state index is 0.0433. The summed E-state index contributed by atoms with van der Waals surface area (Å²) in [5, 5.41) is 5.71. The summed E-state index contributed by atoms with van der Waals surface area (Å²) in [4.78, 5) is 20.8. The first kappa shape index (κ1) is 19.2. The number of nitrogens with one attached hydrogen (secondary N) is 1. The third-order valence-electron chi connectivity index (χ3n) is 4.66. The van der Waals surface area contributed by atoms with Gasteiger partial charge in [0, 0.05) is 55.7 Å². The lowest BCUT2D eigenvalue weighted by Gasteiger charge is -2.12. The van der Waals surface area contributed by atoms with Crippen molar-refractivity contribution in [3.8, 4) is 10.4 Å². The van der Waals surface area contributed by atoms with Crippen LogP contribution in [0, 0.1) is 5.95 Å². The van der Waals surface area contributed by atoms with Crippen LogP contribution in [0.5, 0.6) is 0 Å². The number of pyridine rings is 2. The Morgan fingerprint density at radius 3 is 2.86 bits per heavy atom. The molecule has 4 rings (SSSR count). The van der Waals surface area contributed by atoms with Gasteiger partial charge >= 0.3 is 0 Å². The maximum atomic E-state index is 13.4. The fourth-order valence-electron chi connectivity index (χ4n) is 3.07. The van der Waals surface area contributed by atoms with Crippen LogP contribution in [0.25, 0.3) is 21.2 Å². The van der Waals surface area contributed by atoms with Gasteiger partial charge in [-0.3, -0.25) is 4.79 Å². The number of aromatic nitrogens is 3. The molecule has 1 aromatic carbocycles. The largest absolute Gasteiger partial charge is 0.360 e. The molecule has 0 aliphatic rings. The Bertz CT molecular complexity index is 1220. The van der Waals surface area contributed by atoms with Crippen LogP contribution < -0.4 is 16.6 Å². The zero-order chi connectivity index (χ0) is 20.4. The van der Waals surface area contributed by atoms with Crippen LogP contribution in [0.1, 0.15) is 5.56 Å². The summed E-state index contributed by atoms with van der Waals surface area (Å²) < 4.78 is 14.9. The molecule has 0 aliphatic heterocycles. The van der Waals surface area contributed by atoms with Crippen LogP contribution in [-0.2, 0) is 13.5 Å². The van der Waals surface area contributed by atoms with Crippen molar-refractivity contribution in [2.24, 2.45) is 12.8 Å². The van der Waals surface area contributed by atoms with Gasteiger partial charge in [0.25, 0.3) is 5.56 Å². The monoisotopic (exact) mass is 409 g/mol. The first-order chi connectivity index (χ1) is 14.0. The summed E-state index contributed by atoms with van der Waals surface area (Å²) in [6.45, 7) is 0.538. The predicted molar refractivity (Wildman–Crippen MR) is 115 cm³/mol. The van der Waals surface area contributed by atoms with Gasteiger partial charge in [0.1, 0.15) is 0 Å². The van der Waals surface area contributed by atoms with E-state index in [4.69, 9.17) is 5.73 Å². The van der Waals surface area contributed by atoms with Gasteiger partial charge in [-0.05, 0) is 35.1 Å². The van der Waals surface area contributed by atoms with Crippen LogP contribution >= 0.6 is 11.3 Å². The number of nitrogens with zero attached hydrogens (tertiary/aromatic N) is 3. The summed E-state index contributed by atoms with van der Waals surface area (Å²) >= 11 is 1.51. The molecule has 0 fully saturated rings. The first-order valence-electron chi connectivity index (χ1n) is 9.14. The number of hydrogen-bond donors (Lipinski definition) is 2. The Kier molecular flexibility index (Phi) is 5.37. The van der Waals surface area contributed by atoms with Gasteiger partial charge in [0.2, 0.25) is 5.95 Å². The maximum absolute atomic E-state index is 13.4. The Labute approximate surface area is 170 Å². The van der Waals surface area contributed by atoms with Crippen molar-refractivity contribution in [2.75, 3.05) is 11.9 Å². The molecule has 8 heteroatoms. The van der Waals surface area contributed by atoms with Crippen molar-refractivity contribution in [3.63, 3.8) is 0 Å². The zero-order valence-electron chi connectivity index (χ0n) is 15.8. The number of anilines is 1. The Morgan fingerprint density at radius 2 is 2.03 bits per heavy atom. The van der Waals surface area contributed by atoms with Crippen molar-refractivity contribution in [1.29, 1.82) is 0 Å². The second-order valence-electron chi connectivity index (χ2n) is 6.93. The number of thiazole rings is 1. The molecule has 3 N–H and O–H groups in total. The lowest BCUT2D eigenvalue weighted by Crippen LogP contribution is -2.31. The number of hydrogen-bond acceptors (Lipinski definition) is 6. The third kappa shape index (κ3) is 4.49. The zero-order valence-corrected chi connectivity index (χ0v) is 16.6. The lowest BCUT2D eigenvalue weighted by molar-refractivity contribution is 0.586. The van der Waals surface area contributed by atoms with Crippen LogP contribution in [0.15, 0.2) is 59.8 Å². The normalized spacial score (nSPS) is 12.2. The van der Waals surface area contributed by atoms with E-state index in [0.717, 1.165) is 31.9 Å². The Hall–Kier alpha value is -3.10. The van der Waals surface area contributed by atoms with Gasteiger partial charge in [-0.2, -0.15) is 4.39 Å². The molecule has 3 aromatic heterocycles. The van der Waals surface area contributed by atoms with E-state index in [1.807, 2.05) is 24.3 Å². The van der Waals surface area contributed by atoms with Gasteiger partial charge in [-0.25, -0.2) is 9.97 Å². The van der Waals surface area contributed by atoms with Crippen molar-refractivity contribution in [3.05, 3.63) is 76.9 Å². The molecule has 0 saturated heterocycles. The molecule has 0 unspecified atom stereocenters. The SMILES string of the molecule is Cn1ccc(C[C@H](N)CNc2ncc(-c3ccc4cnc(F)cc4c3)s2)cc1=O. The van der Waals surface area contributed by atoms with Gasteiger partial charge < -0.3 is 15.6 Å². The number of fused-ring (bicyclic) bond motifs is 1. The predicted octanol–water partition coefficient (Wildman–Crippen LogP) is 3.18. The smallest absolute Gasteiger partial charge is 0.250 e. The van der Waals surface area contributed by atoms with Crippen molar-refractivity contribution in [2.45, 2.75) is 12.5 Å². The van der Waals surface area contributed by atoms with E-state index < -0.39 is 5.95 Å². The lowest BCUT2D eigenvalue weighted by atomic mass is 10.1. The average Bonchev–Trinajstić information content (AvgIpc) is 3.18. The fourth-order valence-corrected chi connectivity index (χ4v) is 3.89. The van der Waals surface area contributed by atoms with Crippen LogP contribution in [0.2, 0.25) is 0 Å². The number of benzene rings is 1. The van der Waals surface area contributed by atoms with Crippen LogP contribution in [0.4, 0.5) is 9.52 Å². The van der Waals surface area contributed by atoms with Crippen LogP contribution in [-0.4, -0.2) is 27.1 Å². The summed E-state index contributed by atoms with van der Waals surface area (Å²) in [5.41, 5.74) is 8.04. The first-order valence-corrected chi connectivity index (χ1v) is 9.96. The molecule has 29 heavy (non-hydrogen) atoms. The third-order valence-corrected chi connectivity index (χ3v) is 5.66. The van der Waals surface area contributed by atoms with E-state index in [1.54, 1.807) is 25.5 Å². The van der Waals surface area contributed by atoms with Crippen molar-refractivity contribution < 1.29 is 4.39 Å². The molecule has 0 radical (unpaired) electrons. The molecule has 4 aromatic rings. The molecular weight excluding hydrogens is 389 g/mol. The molecule has 0 aliphatic carbocycles. The highest BCUT2D eigenvalue weighted by Gasteiger charge is 2.09. The number of aryl methyl sites for hydroxylation is 1. The molecule has 3 heterocycles. The molecule has 148 valence electrons. The number of nitrogens with two attached hydrogens (primary N) is 1. The van der Waals surface area contributed by atoms with Gasteiger partial charge in [0.05, 0.1) is 4.88 Å². The Morgan fingerprint density at radius 1 is 1.17 bits per heavy atom. The summed E-state index contributed by atoms with van der Waals surface area (Å²) in [5.74, 6) is -0.494. The molecule has 6 nitrogen and oxygen atoms in total. The molecule has 0 saturated carbocycles. The van der Waals surface area contributed by atoms with Crippen molar-refractivity contribution in [1.82, 2.24) is 14.5 Å². The Balaban J connectivity index is 1.41. The minimum atomic E-state index is -0.494. The quantitative estimate of drug-likeness (QED) is 0.478. The standard InChI is InChI=1S/C21H20FN5OS/c1-27-5-4-13(7-20(27)28)6-17(23)11-25-21-26-12-18(29-21)14-2-3-15-10-24-19(22)9-16(15)8-14/h2-5,7-10,12,17H,6,11,23H2,1H3,(H,25,26)/t17-/m0/s1. The average molecular weight is 409 g/mol. The molecular formula is C21H20FN5OS. The highest BCUT2D eigenvalue weighted by atomic mass is 32.1. The van der Waals surface area contributed by atoms with E-state index in [0.29, 0.717) is 13.0 Å². The molecule has 1 atom stereocenters. The van der Waals surface area contributed by atoms with Gasteiger partial charge in [-0.15, -0.1) is 0 Å². The molecule has 0 spiro atoms. The van der Waals surface area contributed by atoms with E-state index in [9.17, 15) is 9.18 Å². The highest BCUT2D eigenvalue weighted by Crippen LogP contribution is 2.31. The minimum Gasteiger partial charge on any atom is -0.360 e. The topological polar surface area (TPSA) is 85.8 Å². The fraction of sp³-hybridized carbons (Fsp3) is 0.190. The van der Waals surface area contributed by atoms with Gasteiger partial charge in [0.15, 0.2) is 5.13 Å². The summed E-state index contributed by atoms with van der Waals surface area (Å²) in [7, 11) is 1.72. The van der Waals surface area contributed by atoms with E-state index in [2.05, 4.69) is 15.3 Å².